The van der Waals surface area contributed by atoms with Crippen LogP contribution in [-0.2, 0) is 16.1 Å². The van der Waals surface area contributed by atoms with E-state index >= 15 is 0 Å². The number of rotatable bonds is 4. The van der Waals surface area contributed by atoms with Crippen molar-refractivity contribution in [2.24, 2.45) is 11.3 Å². The molecule has 0 saturated heterocycles. The predicted molar refractivity (Wildman–Crippen MR) is 56.2 cm³/mol. The van der Waals surface area contributed by atoms with Crippen molar-refractivity contribution >= 4 is 6.29 Å². The van der Waals surface area contributed by atoms with Crippen molar-refractivity contribution in [1.82, 2.24) is 0 Å². The minimum absolute atomic E-state index is 0.274. The normalized spacial score (nSPS) is 36.5. The average Bonchev–Trinajstić information content (AvgIpc) is 3.17. The van der Waals surface area contributed by atoms with Crippen molar-refractivity contribution in [2.45, 2.75) is 25.6 Å². The quantitative estimate of drug-likeness (QED) is 0.699. The Balaban J connectivity index is 1.51. The van der Waals surface area contributed by atoms with Gasteiger partial charge in [-0.3, -0.25) is 0 Å². The molecule has 0 aromatic heterocycles. The molecule has 2 nitrogen and oxygen atoms in total. The smallest absolute Gasteiger partial charge is 0.123 e. The summed E-state index contributed by atoms with van der Waals surface area (Å²) in [5.74, 6) is 0.290. The Labute approximate surface area is 89.2 Å². The monoisotopic (exact) mass is 202 g/mol. The van der Waals surface area contributed by atoms with E-state index in [1.807, 2.05) is 18.2 Å². The Morgan fingerprint density at radius 3 is 2.80 bits per heavy atom. The van der Waals surface area contributed by atoms with Gasteiger partial charge in [0.25, 0.3) is 0 Å². The van der Waals surface area contributed by atoms with Crippen molar-refractivity contribution in [1.29, 1.82) is 0 Å². The highest BCUT2D eigenvalue weighted by atomic mass is 16.5. The zero-order valence-electron chi connectivity index (χ0n) is 8.56. The van der Waals surface area contributed by atoms with Gasteiger partial charge in [-0.15, -0.1) is 0 Å². The second-order valence-electron chi connectivity index (χ2n) is 4.67. The molecule has 15 heavy (non-hydrogen) atoms. The van der Waals surface area contributed by atoms with Crippen LogP contribution < -0.4 is 0 Å². The van der Waals surface area contributed by atoms with Gasteiger partial charge in [-0.1, -0.05) is 30.3 Å². The molecule has 2 saturated carbocycles. The van der Waals surface area contributed by atoms with Crippen LogP contribution in [0.5, 0.6) is 0 Å². The summed E-state index contributed by atoms with van der Waals surface area (Å²) in [5, 5.41) is 0. The highest BCUT2D eigenvalue weighted by Crippen LogP contribution is 2.70. The first-order valence-electron chi connectivity index (χ1n) is 5.46. The van der Waals surface area contributed by atoms with Gasteiger partial charge >= 0.3 is 0 Å². The predicted octanol–water partition coefficient (Wildman–Crippen LogP) is 2.18. The van der Waals surface area contributed by atoms with Gasteiger partial charge in [0.05, 0.1) is 12.7 Å². The van der Waals surface area contributed by atoms with Gasteiger partial charge in [0.2, 0.25) is 0 Å². The largest absolute Gasteiger partial charge is 0.373 e. The summed E-state index contributed by atoms with van der Waals surface area (Å²) in [6, 6.07) is 10.2. The maximum atomic E-state index is 10.6. The van der Waals surface area contributed by atoms with Crippen LogP contribution in [0.3, 0.4) is 0 Å². The van der Waals surface area contributed by atoms with Crippen molar-refractivity contribution in [3.63, 3.8) is 0 Å². The molecule has 78 valence electrons. The van der Waals surface area contributed by atoms with Gasteiger partial charge in [-0.2, -0.15) is 0 Å². The van der Waals surface area contributed by atoms with Crippen LogP contribution in [0.2, 0.25) is 0 Å². The lowest BCUT2D eigenvalue weighted by Gasteiger charge is -2.02. The Kier molecular flexibility index (Phi) is 1.93. The maximum Gasteiger partial charge on any atom is 0.123 e. The van der Waals surface area contributed by atoms with E-state index in [1.54, 1.807) is 0 Å². The lowest BCUT2D eigenvalue weighted by Crippen LogP contribution is -1.99. The number of carbonyl (C=O) groups is 1. The van der Waals surface area contributed by atoms with Crippen molar-refractivity contribution in [3.05, 3.63) is 35.9 Å². The third kappa shape index (κ3) is 1.49. The second kappa shape index (κ2) is 3.17. The SMILES string of the molecule is O=C[C@H]1C[C@]12CC2OCc1ccccc1. The van der Waals surface area contributed by atoms with E-state index < -0.39 is 0 Å². The number of benzene rings is 1. The molecule has 0 N–H and O–H groups in total. The highest BCUT2D eigenvalue weighted by Gasteiger charge is 2.71. The van der Waals surface area contributed by atoms with Gasteiger partial charge in [0, 0.05) is 11.3 Å². The van der Waals surface area contributed by atoms with Crippen LogP contribution in [-0.4, -0.2) is 12.4 Å². The summed E-state index contributed by atoms with van der Waals surface area (Å²) in [5.41, 5.74) is 1.49. The van der Waals surface area contributed by atoms with E-state index in [-0.39, 0.29) is 5.41 Å². The van der Waals surface area contributed by atoms with Gasteiger partial charge in [0.1, 0.15) is 6.29 Å². The van der Waals surface area contributed by atoms with Crippen LogP contribution >= 0.6 is 0 Å². The molecule has 2 fully saturated rings. The Morgan fingerprint density at radius 2 is 2.13 bits per heavy atom. The second-order valence-corrected chi connectivity index (χ2v) is 4.67. The molecule has 1 aromatic carbocycles. The zero-order valence-corrected chi connectivity index (χ0v) is 8.56. The Bertz CT molecular complexity index is 373. The molecule has 2 heteroatoms. The molecule has 0 heterocycles. The van der Waals surface area contributed by atoms with E-state index in [9.17, 15) is 4.79 Å². The fourth-order valence-electron chi connectivity index (χ4n) is 2.42. The molecule has 2 aliphatic carbocycles. The molecule has 0 radical (unpaired) electrons. The molecule has 0 bridgehead atoms. The summed E-state index contributed by atoms with van der Waals surface area (Å²) in [7, 11) is 0. The fourth-order valence-corrected chi connectivity index (χ4v) is 2.42. The molecule has 0 aliphatic heterocycles. The summed E-state index contributed by atoms with van der Waals surface area (Å²) < 4.78 is 5.79. The van der Waals surface area contributed by atoms with Gasteiger partial charge in [-0.05, 0) is 18.4 Å². The van der Waals surface area contributed by atoms with E-state index in [2.05, 4.69) is 12.1 Å². The number of carbonyl (C=O) groups excluding carboxylic acids is 1. The number of aldehydes is 1. The lowest BCUT2D eigenvalue weighted by molar-refractivity contribution is -0.109. The molecule has 2 aliphatic rings. The van der Waals surface area contributed by atoms with Crippen LogP contribution in [0, 0.1) is 11.3 Å². The molecule has 3 atom stereocenters. The summed E-state index contributed by atoms with van der Waals surface area (Å²) in [6.45, 7) is 0.679. The summed E-state index contributed by atoms with van der Waals surface area (Å²) in [4.78, 5) is 10.6. The first kappa shape index (κ1) is 9.10. The van der Waals surface area contributed by atoms with Crippen molar-refractivity contribution in [2.75, 3.05) is 0 Å². The fraction of sp³-hybridized carbons (Fsp3) is 0.462. The summed E-state index contributed by atoms with van der Waals surface area (Å²) >= 11 is 0. The minimum Gasteiger partial charge on any atom is -0.373 e. The average molecular weight is 202 g/mol. The third-order valence-electron chi connectivity index (χ3n) is 3.68. The van der Waals surface area contributed by atoms with Gasteiger partial charge in [-0.25, -0.2) is 0 Å². The topological polar surface area (TPSA) is 26.3 Å². The van der Waals surface area contributed by atoms with E-state index in [4.69, 9.17) is 4.74 Å². The van der Waals surface area contributed by atoms with E-state index in [1.165, 1.54) is 5.56 Å². The number of hydrogen-bond donors (Lipinski definition) is 0. The minimum atomic E-state index is 0.274. The molecule has 1 aromatic rings. The molecule has 1 unspecified atom stereocenters. The molecular formula is C13H14O2. The molecule has 3 rings (SSSR count). The molecular weight excluding hydrogens is 188 g/mol. The Hall–Kier alpha value is -1.15. The number of ether oxygens (including phenoxy) is 1. The van der Waals surface area contributed by atoms with E-state index in [0.717, 1.165) is 19.1 Å². The summed E-state index contributed by atoms with van der Waals surface area (Å²) in [6.07, 6.45) is 3.57. The van der Waals surface area contributed by atoms with E-state index in [0.29, 0.717) is 18.6 Å². The number of hydrogen-bond acceptors (Lipinski definition) is 2. The first-order valence-corrected chi connectivity index (χ1v) is 5.46. The Morgan fingerprint density at radius 1 is 1.33 bits per heavy atom. The molecule has 0 amide bonds. The highest BCUT2D eigenvalue weighted by molar-refractivity contribution is 5.62. The van der Waals surface area contributed by atoms with Gasteiger partial charge < -0.3 is 9.53 Å². The van der Waals surface area contributed by atoms with Crippen LogP contribution in [0.25, 0.3) is 0 Å². The van der Waals surface area contributed by atoms with Crippen molar-refractivity contribution < 1.29 is 9.53 Å². The van der Waals surface area contributed by atoms with Crippen molar-refractivity contribution in [3.8, 4) is 0 Å². The zero-order chi connectivity index (χ0) is 10.3. The molecule has 1 spiro atoms. The maximum absolute atomic E-state index is 10.6. The van der Waals surface area contributed by atoms with Crippen LogP contribution in [0.4, 0.5) is 0 Å². The standard InChI is InChI=1S/C13H14O2/c14-8-11-6-13(11)7-12(13)15-9-10-4-2-1-3-5-10/h1-5,8,11-12H,6-7,9H2/t11-,12?,13+/m1/s1. The van der Waals surface area contributed by atoms with Crippen LogP contribution in [0.15, 0.2) is 30.3 Å². The lowest BCUT2D eigenvalue weighted by atomic mass is 10.2. The third-order valence-corrected chi connectivity index (χ3v) is 3.68. The first-order chi connectivity index (χ1) is 7.35. The van der Waals surface area contributed by atoms with Crippen LogP contribution in [0.1, 0.15) is 18.4 Å². The van der Waals surface area contributed by atoms with Gasteiger partial charge in [0.15, 0.2) is 0 Å².